The topological polar surface area (TPSA) is 84.3 Å². The lowest BCUT2D eigenvalue weighted by Crippen LogP contribution is -2.14. The summed E-state index contributed by atoms with van der Waals surface area (Å²) in [6.07, 6.45) is -0.551. The van der Waals surface area contributed by atoms with Crippen LogP contribution in [0.2, 0.25) is 0 Å². The molecule has 0 aliphatic rings. The molecule has 0 spiro atoms. The van der Waals surface area contributed by atoms with E-state index in [1.54, 1.807) is 18.7 Å². The van der Waals surface area contributed by atoms with Crippen LogP contribution in [0.5, 0.6) is 0 Å². The van der Waals surface area contributed by atoms with Crippen molar-refractivity contribution in [3.05, 3.63) is 21.9 Å². The molecule has 2 aromatic heterocycles. The van der Waals surface area contributed by atoms with Crippen LogP contribution >= 0.6 is 23.1 Å². The molecule has 0 saturated heterocycles. The average Bonchev–Trinajstić information content (AvgIpc) is 3.13. The number of thioether (sulfide) groups is 1. The van der Waals surface area contributed by atoms with Gasteiger partial charge in [-0.2, -0.15) is 16.7 Å². The summed E-state index contributed by atoms with van der Waals surface area (Å²) in [6, 6.07) is 4.41. The Hall–Kier alpha value is -1.78. The highest BCUT2D eigenvalue weighted by Crippen LogP contribution is 2.22. The van der Waals surface area contributed by atoms with E-state index in [0.717, 1.165) is 24.6 Å². The van der Waals surface area contributed by atoms with Crippen LogP contribution in [-0.2, 0) is 24.1 Å². The van der Waals surface area contributed by atoms with Gasteiger partial charge >= 0.3 is 6.09 Å². The Kier molecular flexibility index (Phi) is 8.20. The molecule has 0 radical (unpaired) electrons. The van der Waals surface area contributed by atoms with Crippen molar-refractivity contribution in [1.82, 2.24) is 19.7 Å². The van der Waals surface area contributed by atoms with Gasteiger partial charge in [0, 0.05) is 41.4 Å². The molecule has 0 atom stereocenters. The molecule has 10 heteroatoms. The summed E-state index contributed by atoms with van der Waals surface area (Å²) in [5.74, 6) is 2.80. The monoisotopic (exact) mass is 398 g/mol. The van der Waals surface area contributed by atoms with Crippen LogP contribution in [0.4, 0.5) is 16.7 Å². The van der Waals surface area contributed by atoms with Gasteiger partial charge in [0.05, 0.1) is 6.61 Å². The zero-order valence-electron chi connectivity index (χ0n) is 15.6. The average molecular weight is 399 g/mol. The largest absolute Gasteiger partial charge is 0.450 e. The number of rotatable bonds is 10. The van der Waals surface area contributed by atoms with Gasteiger partial charge in [0.15, 0.2) is 0 Å². The normalized spacial score (nSPS) is 11.0. The summed E-state index contributed by atoms with van der Waals surface area (Å²) in [4.78, 5) is 20.6. The second kappa shape index (κ2) is 10.4. The van der Waals surface area contributed by atoms with E-state index in [0.29, 0.717) is 12.6 Å². The van der Waals surface area contributed by atoms with E-state index in [4.69, 9.17) is 4.74 Å². The van der Waals surface area contributed by atoms with Crippen LogP contribution in [0.25, 0.3) is 0 Å². The smallest absolute Gasteiger partial charge is 0.414 e. The van der Waals surface area contributed by atoms with E-state index in [1.807, 2.05) is 23.1 Å². The van der Waals surface area contributed by atoms with Crippen LogP contribution in [0, 0.1) is 0 Å². The minimum Gasteiger partial charge on any atom is -0.450 e. The van der Waals surface area contributed by atoms with E-state index in [2.05, 4.69) is 51.8 Å². The number of aryl methyl sites for hydroxylation is 1. The summed E-state index contributed by atoms with van der Waals surface area (Å²) >= 11 is 3.74. The molecule has 2 rings (SSSR count). The minimum atomic E-state index is -0.551. The third-order valence-corrected chi connectivity index (χ3v) is 5.48. The number of nitrogens with one attached hydrogen (secondary N) is 2. The first kappa shape index (κ1) is 20.5. The predicted molar refractivity (Wildman–Crippen MR) is 108 cm³/mol. The SMILES string of the molecule is CCOC(=O)Nc1nc(NCCSCc2ccc(CN(C)C)s2)n(C)n1. The maximum atomic E-state index is 11.4. The van der Waals surface area contributed by atoms with Crippen LogP contribution in [0.1, 0.15) is 16.7 Å². The molecule has 0 fully saturated rings. The van der Waals surface area contributed by atoms with Crippen molar-refractivity contribution in [2.75, 3.05) is 43.6 Å². The summed E-state index contributed by atoms with van der Waals surface area (Å²) in [5.41, 5.74) is 0. The Bertz CT molecular complexity index is 701. The number of ether oxygens (including phenoxy) is 1. The fraction of sp³-hybridized carbons (Fsp3) is 0.562. The zero-order valence-corrected chi connectivity index (χ0v) is 17.2. The molecule has 0 aromatic carbocycles. The zero-order chi connectivity index (χ0) is 18.9. The molecule has 0 unspecified atom stereocenters. The molecule has 1 amide bonds. The third kappa shape index (κ3) is 6.85. The fourth-order valence-electron chi connectivity index (χ4n) is 2.15. The summed E-state index contributed by atoms with van der Waals surface area (Å²) in [6.45, 7) is 3.81. The van der Waals surface area contributed by atoms with E-state index in [9.17, 15) is 4.79 Å². The van der Waals surface area contributed by atoms with Gasteiger partial charge in [-0.25, -0.2) is 9.48 Å². The Morgan fingerprint density at radius 3 is 2.88 bits per heavy atom. The highest BCUT2D eigenvalue weighted by Gasteiger charge is 2.10. The number of hydrogen-bond donors (Lipinski definition) is 2. The number of thiophene rings is 1. The van der Waals surface area contributed by atoms with Gasteiger partial charge in [0.1, 0.15) is 0 Å². The van der Waals surface area contributed by atoms with Crippen molar-refractivity contribution in [2.45, 2.75) is 19.2 Å². The van der Waals surface area contributed by atoms with Gasteiger partial charge in [-0.05, 0) is 33.2 Å². The number of anilines is 2. The van der Waals surface area contributed by atoms with Crippen LogP contribution < -0.4 is 10.6 Å². The Balaban J connectivity index is 1.69. The minimum absolute atomic E-state index is 0.230. The molecule has 0 bridgehead atoms. The van der Waals surface area contributed by atoms with Crippen molar-refractivity contribution in [2.24, 2.45) is 7.05 Å². The first-order valence-electron chi connectivity index (χ1n) is 8.36. The predicted octanol–water partition coefficient (Wildman–Crippen LogP) is 2.85. The van der Waals surface area contributed by atoms with Crippen LogP contribution in [-0.4, -0.2) is 58.8 Å². The van der Waals surface area contributed by atoms with Gasteiger partial charge in [0.25, 0.3) is 5.95 Å². The maximum Gasteiger partial charge on any atom is 0.414 e. The molecule has 2 N–H and O–H groups in total. The standard InChI is InChI=1S/C16H26N6O2S2/c1-5-24-16(23)19-14-18-15(22(4)20-14)17-8-9-25-11-13-7-6-12(26-13)10-21(2)3/h6-7H,5,8-11H2,1-4H3,(H2,17,18,19,20,23). The van der Waals surface area contributed by atoms with Crippen molar-refractivity contribution >= 4 is 41.1 Å². The van der Waals surface area contributed by atoms with Gasteiger partial charge in [-0.1, -0.05) is 0 Å². The van der Waals surface area contributed by atoms with Gasteiger partial charge in [0.2, 0.25) is 5.95 Å². The summed E-state index contributed by atoms with van der Waals surface area (Å²) in [7, 11) is 5.94. The van der Waals surface area contributed by atoms with Gasteiger partial charge in [-0.3, -0.25) is 5.32 Å². The van der Waals surface area contributed by atoms with Crippen molar-refractivity contribution in [1.29, 1.82) is 0 Å². The first-order chi connectivity index (χ1) is 12.5. The van der Waals surface area contributed by atoms with Crippen molar-refractivity contribution < 1.29 is 9.53 Å². The molecule has 0 saturated carbocycles. The second-order valence-electron chi connectivity index (χ2n) is 5.81. The fourth-order valence-corrected chi connectivity index (χ4v) is 4.26. The van der Waals surface area contributed by atoms with Gasteiger partial charge < -0.3 is 15.0 Å². The number of nitrogens with zero attached hydrogens (tertiary/aromatic N) is 4. The molecule has 2 aromatic rings. The highest BCUT2D eigenvalue weighted by atomic mass is 32.2. The van der Waals surface area contributed by atoms with E-state index in [1.165, 1.54) is 9.75 Å². The molecule has 0 aliphatic carbocycles. The van der Waals surface area contributed by atoms with Crippen LogP contribution in [0.3, 0.4) is 0 Å². The Morgan fingerprint density at radius 1 is 1.38 bits per heavy atom. The quantitative estimate of drug-likeness (QED) is 0.595. The first-order valence-corrected chi connectivity index (χ1v) is 10.3. The van der Waals surface area contributed by atoms with E-state index >= 15 is 0 Å². The lowest BCUT2D eigenvalue weighted by atomic mass is 10.4. The number of carbonyl (C=O) groups is 1. The number of aromatic nitrogens is 3. The lowest BCUT2D eigenvalue weighted by molar-refractivity contribution is 0.167. The molecule has 144 valence electrons. The van der Waals surface area contributed by atoms with Crippen LogP contribution in [0.15, 0.2) is 12.1 Å². The number of hydrogen-bond acceptors (Lipinski definition) is 8. The Morgan fingerprint density at radius 2 is 2.15 bits per heavy atom. The number of carbonyl (C=O) groups excluding carboxylic acids is 1. The molecular formula is C16H26N6O2S2. The molecule has 26 heavy (non-hydrogen) atoms. The molecule has 2 heterocycles. The maximum absolute atomic E-state index is 11.4. The molecular weight excluding hydrogens is 372 g/mol. The molecule has 0 aliphatic heterocycles. The highest BCUT2D eigenvalue weighted by molar-refractivity contribution is 7.98. The second-order valence-corrected chi connectivity index (χ2v) is 8.17. The lowest BCUT2D eigenvalue weighted by Gasteiger charge is -2.06. The molecule has 8 nitrogen and oxygen atoms in total. The Labute approximate surface area is 162 Å². The third-order valence-electron chi connectivity index (χ3n) is 3.22. The number of amides is 1. The van der Waals surface area contributed by atoms with E-state index < -0.39 is 6.09 Å². The van der Waals surface area contributed by atoms with Crippen molar-refractivity contribution in [3.8, 4) is 0 Å². The summed E-state index contributed by atoms with van der Waals surface area (Å²) in [5, 5.41) is 9.85. The van der Waals surface area contributed by atoms with Crippen molar-refractivity contribution in [3.63, 3.8) is 0 Å². The summed E-state index contributed by atoms with van der Waals surface area (Å²) < 4.78 is 6.40. The van der Waals surface area contributed by atoms with Gasteiger partial charge in [-0.15, -0.1) is 16.4 Å². The van der Waals surface area contributed by atoms with E-state index in [-0.39, 0.29) is 5.95 Å².